The van der Waals surface area contributed by atoms with E-state index in [1.54, 1.807) is 0 Å². The van der Waals surface area contributed by atoms with Gasteiger partial charge in [-0.2, -0.15) is 5.10 Å². The highest BCUT2D eigenvalue weighted by atomic mass is 35.5. The molecule has 0 bridgehead atoms. The number of unbranched alkanes of at least 4 members (excludes halogenated alkanes) is 1. The first-order valence-corrected chi connectivity index (χ1v) is 7.17. The quantitative estimate of drug-likeness (QED) is 0.654. The summed E-state index contributed by atoms with van der Waals surface area (Å²) in [6, 6.07) is 0. The minimum atomic E-state index is -0.261. The predicted molar refractivity (Wildman–Crippen MR) is 78.5 cm³/mol. The molecule has 2 rings (SSSR count). The van der Waals surface area contributed by atoms with Gasteiger partial charge in [0, 0.05) is 20.0 Å². The molecule has 0 radical (unpaired) electrons. The first kappa shape index (κ1) is 14.8. The van der Waals surface area contributed by atoms with Crippen LogP contribution in [0, 0.1) is 6.92 Å². The monoisotopic (exact) mass is 297 g/mol. The lowest BCUT2D eigenvalue weighted by molar-refractivity contribution is -0.118. The number of primary amides is 1. The van der Waals surface area contributed by atoms with Gasteiger partial charge in [0.1, 0.15) is 11.3 Å². The van der Waals surface area contributed by atoms with Crippen LogP contribution in [0.2, 0.25) is 0 Å². The van der Waals surface area contributed by atoms with Crippen LogP contribution in [0.4, 0.5) is 0 Å². The van der Waals surface area contributed by atoms with Crippen molar-refractivity contribution in [1.29, 1.82) is 0 Å². The van der Waals surface area contributed by atoms with Crippen molar-refractivity contribution in [3.05, 3.63) is 11.5 Å². The second-order valence-corrected chi connectivity index (χ2v) is 5.70. The average Bonchev–Trinajstić information content (AvgIpc) is 2.85. The normalized spacial score (nSPS) is 13.0. The Morgan fingerprint density at radius 3 is 2.75 bits per heavy atom. The number of carbonyl (C=O) groups is 1. The molecule has 0 spiro atoms. The molecule has 1 amide bonds. The lowest BCUT2D eigenvalue weighted by Gasteiger charge is -2.10. The molecule has 6 nitrogen and oxygen atoms in total. The maximum Gasteiger partial charge on any atom is 0.217 e. The first-order valence-electron chi connectivity index (χ1n) is 6.74. The van der Waals surface area contributed by atoms with Crippen molar-refractivity contribution < 1.29 is 4.79 Å². The van der Waals surface area contributed by atoms with Crippen LogP contribution in [-0.4, -0.2) is 25.2 Å². The molecule has 1 atom stereocenters. The SMILES string of the molecule is Cc1nn(C)c2c1nc(C(C)Cl)n2CCCCC(N)=O. The summed E-state index contributed by atoms with van der Waals surface area (Å²) in [5, 5.41) is 4.22. The number of rotatable bonds is 6. The molecular formula is C13H20ClN5O. The number of alkyl halides is 1. The highest BCUT2D eigenvalue weighted by Crippen LogP contribution is 2.26. The molecule has 0 saturated heterocycles. The Hall–Kier alpha value is -1.56. The highest BCUT2D eigenvalue weighted by molar-refractivity contribution is 6.20. The van der Waals surface area contributed by atoms with Gasteiger partial charge in [-0.25, -0.2) is 4.98 Å². The number of halogens is 1. The first-order chi connectivity index (χ1) is 9.41. The number of aryl methyl sites for hydroxylation is 3. The zero-order chi connectivity index (χ0) is 14.9. The smallest absolute Gasteiger partial charge is 0.217 e. The topological polar surface area (TPSA) is 78.7 Å². The predicted octanol–water partition coefficient (Wildman–Crippen LogP) is 2.03. The van der Waals surface area contributed by atoms with Crippen LogP contribution >= 0.6 is 11.6 Å². The summed E-state index contributed by atoms with van der Waals surface area (Å²) >= 11 is 6.22. The number of imidazole rings is 1. The van der Waals surface area contributed by atoms with Crippen LogP contribution in [0.15, 0.2) is 0 Å². The van der Waals surface area contributed by atoms with Gasteiger partial charge in [-0.3, -0.25) is 9.48 Å². The molecule has 1 unspecified atom stereocenters. The van der Waals surface area contributed by atoms with Gasteiger partial charge in [0.05, 0.1) is 11.1 Å². The van der Waals surface area contributed by atoms with Gasteiger partial charge in [0.2, 0.25) is 5.91 Å². The fourth-order valence-electron chi connectivity index (χ4n) is 2.44. The Morgan fingerprint density at radius 1 is 1.45 bits per heavy atom. The van der Waals surface area contributed by atoms with Gasteiger partial charge in [-0.1, -0.05) is 0 Å². The number of fused-ring (bicyclic) bond motifs is 1. The van der Waals surface area contributed by atoms with Crippen molar-refractivity contribution in [3.8, 4) is 0 Å². The summed E-state index contributed by atoms with van der Waals surface area (Å²) in [5.74, 6) is 0.583. The van der Waals surface area contributed by atoms with Gasteiger partial charge in [0.25, 0.3) is 0 Å². The van der Waals surface area contributed by atoms with E-state index in [0.29, 0.717) is 6.42 Å². The Labute approximate surface area is 122 Å². The third-order valence-corrected chi connectivity index (χ3v) is 3.53. The van der Waals surface area contributed by atoms with E-state index in [1.165, 1.54) is 0 Å². The maximum absolute atomic E-state index is 10.8. The number of aromatic nitrogens is 4. The molecule has 2 heterocycles. The summed E-state index contributed by atoms with van der Waals surface area (Å²) < 4.78 is 3.92. The van der Waals surface area contributed by atoms with Crippen molar-refractivity contribution in [2.45, 2.75) is 45.0 Å². The van der Waals surface area contributed by atoms with E-state index >= 15 is 0 Å². The molecule has 0 aliphatic carbocycles. The van der Waals surface area contributed by atoms with Gasteiger partial charge >= 0.3 is 0 Å². The number of nitrogens with two attached hydrogens (primary N) is 1. The van der Waals surface area contributed by atoms with E-state index in [2.05, 4.69) is 14.6 Å². The average molecular weight is 298 g/mol. The standard InChI is InChI=1S/C13H20ClN5O/c1-8(14)12-16-11-9(2)17-18(3)13(11)19(12)7-5-4-6-10(15)20/h8H,4-7H2,1-3H3,(H2,15,20). The fraction of sp³-hybridized carbons (Fsp3) is 0.615. The molecular weight excluding hydrogens is 278 g/mol. The molecule has 0 aliphatic rings. The van der Waals surface area contributed by atoms with Gasteiger partial charge in [-0.05, 0) is 26.7 Å². The Kier molecular flexibility index (Phi) is 4.32. The summed E-state index contributed by atoms with van der Waals surface area (Å²) in [4.78, 5) is 15.4. The van der Waals surface area contributed by atoms with Crippen molar-refractivity contribution in [2.75, 3.05) is 0 Å². The minimum Gasteiger partial charge on any atom is -0.370 e. The molecule has 2 N–H and O–H groups in total. The molecule has 2 aromatic heterocycles. The second kappa shape index (κ2) is 5.83. The van der Waals surface area contributed by atoms with E-state index in [4.69, 9.17) is 17.3 Å². The third-order valence-electron chi connectivity index (χ3n) is 3.33. The number of amides is 1. The summed E-state index contributed by atoms with van der Waals surface area (Å²) in [7, 11) is 1.90. The Bertz CT molecular complexity index is 628. The number of nitrogens with zero attached hydrogens (tertiary/aromatic N) is 4. The number of hydrogen-bond donors (Lipinski definition) is 1. The molecule has 7 heteroatoms. The van der Waals surface area contributed by atoms with Crippen molar-refractivity contribution >= 4 is 28.7 Å². The zero-order valence-corrected chi connectivity index (χ0v) is 12.8. The van der Waals surface area contributed by atoms with Gasteiger partial charge in [0.15, 0.2) is 5.65 Å². The molecule has 20 heavy (non-hydrogen) atoms. The van der Waals surface area contributed by atoms with Crippen LogP contribution in [0.5, 0.6) is 0 Å². The molecule has 0 saturated carbocycles. The van der Waals surface area contributed by atoms with Gasteiger partial charge in [-0.15, -0.1) is 11.6 Å². The van der Waals surface area contributed by atoms with E-state index in [0.717, 1.165) is 42.1 Å². The highest BCUT2D eigenvalue weighted by Gasteiger charge is 2.19. The molecule has 0 fully saturated rings. The number of carbonyl (C=O) groups excluding carboxylic acids is 1. The van der Waals surface area contributed by atoms with Crippen molar-refractivity contribution in [2.24, 2.45) is 12.8 Å². The maximum atomic E-state index is 10.8. The van der Waals surface area contributed by atoms with Crippen LogP contribution in [0.3, 0.4) is 0 Å². The van der Waals surface area contributed by atoms with Crippen LogP contribution in [0.1, 0.15) is 43.1 Å². The van der Waals surface area contributed by atoms with Crippen molar-refractivity contribution in [1.82, 2.24) is 19.3 Å². The van der Waals surface area contributed by atoms with Gasteiger partial charge < -0.3 is 10.3 Å². The lowest BCUT2D eigenvalue weighted by Crippen LogP contribution is -2.11. The van der Waals surface area contributed by atoms with E-state index in [-0.39, 0.29) is 11.3 Å². The second-order valence-electron chi connectivity index (χ2n) is 5.04. The van der Waals surface area contributed by atoms with E-state index in [1.807, 2.05) is 25.6 Å². The van der Waals surface area contributed by atoms with E-state index in [9.17, 15) is 4.79 Å². The van der Waals surface area contributed by atoms with Crippen LogP contribution in [0.25, 0.3) is 11.2 Å². The Balaban J connectivity index is 2.29. The summed E-state index contributed by atoms with van der Waals surface area (Å²) in [6.45, 7) is 4.61. The van der Waals surface area contributed by atoms with Crippen LogP contribution < -0.4 is 5.73 Å². The van der Waals surface area contributed by atoms with Crippen LogP contribution in [-0.2, 0) is 18.4 Å². The molecule has 110 valence electrons. The molecule has 0 aliphatic heterocycles. The largest absolute Gasteiger partial charge is 0.370 e. The number of hydrogen-bond acceptors (Lipinski definition) is 3. The summed E-state index contributed by atoms with van der Waals surface area (Å²) in [6.07, 6.45) is 2.03. The van der Waals surface area contributed by atoms with Crippen molar-refractivity contribution in [3.63, 3.8) is 0 Å². The lowest BCUT2D eigenvalue weighted by atomic mass is 10.2. The zero-order valence-electron chi connectivity index (χ0n) is 12.1. The third kappa shape index (κ3) is 2.80. The van der Waals surface area contributed by atoms with E-state index < -0.39 is 0 Å². The fourth-order valence-corrected chi connectivity index (χ4v) is 2.61. The Morgan fingerprint density at radius 2 is 2.15 bits per heavy atom. The molecule has 0 aromatic carbocycles. The summed E-state index contributed by atoms with van der Waals surface area (Å²) in [5.41, 5.74) is 7.92. The molecule has 2 aromatic rings. The minimum absolute atomic E-state index is 0.169.